The van der Waals surface area contributed by atoms with Gasteiger partial charge in [0.25, 0.3) is 0 Å². The summed E-state index contributed by atoms with van der Waals surface area (Å²) in [5.74, 6) is 2.04. The smallest absolute Gasteiger partial charge is 0.227 e. The van der Waals surface area contributed by atoms with Crippen LogP contribution in [0.3, 0.4) is 0 Å². The van der Waals surface area contributed by atoms with Crippen molar-refractivity contribution in [1.82, 2.24) is 14.8 Å². The number of thiophene rings is 2. The maximum atomic E-state index is 5.51. The van der Waals surface area contributed by atoms with Crippen molar-refractivity contribution >= 4 is 28.6 Å². The number of aryl methyl sites for hydroxylation is 1. The first-order valence-electron chi connectivity index (χ1n) is 8.99. The molecule has 3 aromatic rings. The molecule has 1 aliphatic rings. The van der Waals surface area contributed by atoms with Crippen molar-refractivity contribution < 1.29 is 4.74 Å². The molecule has 0 spiro atoms. The Morgan fingerprint density at radius 1 is 1.23 bits per heavy atom. The minimum absolute atomic E-state index is 0.369. The van der Waals surface area contributed by atoms with Crippen LogP contribution in [0.4, 0.5) is 5.95 Å². The summed E-state index contributed by atoms with van der Waals surface area (Å²) in [5.41, 5.74) is 1.32. The first-order chi connectivity index (χ1) is 12.7. The van der Waals surface area contributed by atoms with Gasteiger partial charge in [-0.1, -0.05) is 6.07 Å². The molecule has 138 valence electrons. The molecule has 1 aliphatic heterocycles. The molecule has 0 aliphatic carbocycles. The Morgan fingerprint density at radius 3 is 2.73 bits per heavy atom. The quantitative estimate of drug-likeness (QED) is 0.641. The predicted molar refractivity (Wildman–Crippen MR) is 108 cm³/mol. The fourth-order valence-corrected chi connectivity index (χ4v) is 4.88. The highest BCUT2D eigenvalue weighted by molar-refractivity contribution is 7.10. The Morgan fingerprint density at radius 2 is 2.08 bits per heavy atom. The molecule has 0 amide bonds. The Hall–Kier alpha value is -1.70. The standard InChI is InChI=1S/C19H24N4OS2/c1-14-10-15(13-26-14)11-18-20-21-19(22-7-5-16(24-2)6-8-22)23(18)12-17-4-3-9-25-17/h3-4,9-10,13,16H,5-8,11-12H2,1-2H3. The minimum Gasteiger partial charge on any atom is -0.381 e. The summed E-state index contributed by atoms with van der Waals surface area (Å²) >= 11 is 3.58. The third-order valence-electron chi connectivity index (χ3n) is 4.91. The second kappa shape index (κ2) is 7.90. The summed E-state index contributed by atoms with van der Waals surface area (Å²) in [6, 6.07) is 6.54. The Balaban J connectivity index is 1.60. The van der Waals surface area contributed by atoms with Crippen LogP contribution in [-0.4, -0.2) is 41.1 Å². The minimum atomic E-state index is 0.369. The summed E-state index contributed by atoms with van der Waals surface area (Å²) in [7, 11) is 1.81. The van der Waals surface area contributed by atoms with E-state index in [2.05, 4.69) is 55.5 Å². The third kappa shape index (κ3) is 3.84. The third-order valence-corrected chi connectivity index (χ3v) is 6.68. The van der Waals surface area contributed by atoms with Gasteiger partial charge >= 0.3 is 0 Å². The monoisotopic (exact) mass is 388 g/mol. The van der Waals surface area contributed by atoms with Crippen molar-refractivity contribution in [3.8, 4) is 0 Å². The number of piperidine rings is 1. The molecule has 0 radical (unpaired) electrons. The fourth-order valence-electron chi connectivity index (χ4n) is 3.48. The van der Waals surface area contributed by atoms with Gasteiger partial charge in [-0.05, 0) is 48.2 Å². The van der Waals surface area contributed by atoms with Crippen LogP contribution >= 0.6 is 22.7 Å². The maximum Gasteiger partial charge on any atom is 0.227 e. The summed E-state index contributed by atoms with van der Waals surface area (Å²) in [6.07, 6.45) is 3.29. The van der Waals surface area contributed by atoms with Crippen molar-refractivity contribution in [2.24, 2.45) is 0 Å². The lowest BCUT2D eigenvalue weighted by Crippen LogP contribution is -2.38. The lowest BCUT2D eigenvalue weighted by molar-refractivity contribution is 0.0815. The van der Waals surface area contributed by atoms with Crippen molar-refractivity contribution in [3.63, 3.8) is 0 Å². The van der Waals surface area contributed by atoms with E-state index in [1.165, 1.54) is 15.3 Å². The van der Waals surface area contributed by atoms with Crippen LogP contribution in [0.15, 0.2) is 29.0 Å². The molecule has 4 rings (SSSR count). The lowest BCUT2D eigenvalue weighted by atomic mass is 10.1. The van der Waals surface area contributed by atoms with E-state index in [-0.39, 0.29) is 0 Å². The molecular formula is C19H24N4OS2. The number of aromatic nitrogens is 3. The highest BCUT2D eigenvalue weighted by atomic mass is 32.1. The number of nitrogens with zero attached hydrogens (tertiary/aromatic N) is 4. The maximum absolute atomic E-state index is 5.51. The van der Waals surface area contributed by atoms with Crippen LogP contribution in [0.5, 0.6) is 0 Å². The Kier molecular flexibility index (Phi) is 5.38. The second-order valence-corrected chi connectivity index (χ2v) is 8.89. The van der Waals surface area contributed by atoms with E-state index in [0.717, 1.165) is 50.7 Å². The van der Waals surface area contributed by atoms with Gasteiger partial charge in [-0.2, -0.15) is 0 Å². The first kappa shape index (κ1) is 17.7. The number of rotatable bonds is 6. The van der Waals surface area contributed by atoms with Crippen LogP contribution in [0, 0.1) is 6.92 Å². The van der Waals surface area contributed by atoms with Gasteiger partial charge in [-0.15, -0.1) is 32.9 Å². The van der Waals surface area contributed by atoms with E-state index in [0.29, 0.717) is 6.10 Å². The summed E-state index contributed by atoms with van der Waals surface area (Å²) in [5, 5.41) is 13.5. The van der Waals surface area contributed by atoms with E-state index >= 15 is 0 Å². The Bertz CT molecular complexity index is 832. The van der Waals surface area contributed by atoms with Gasteiger partial charge in [0.15, 0.2) is 0 Å². The predicted octanol–water partition coefficient (Wildman–Crippen LogP) is 3.96. The molecule has 1 fully saturated rings. The zero-order valence-corrected chi connectivity index (χ0v) is 16.9. The Labute approximate surface area is 162 Å². The van der Waals surface area contributed by atoms with Gasteiger partial charge in [0.05, 0.1) is 12.6 Å². The molecule has 4 heterocycles. The van der Waals surface area contributed by atoms with Crippen LogP contribution in [0.1, 0.15) is 34.0 Å². The highest BCUT2D eigenvalue weighted by Gasteiger charge is 2.24. The molecule has 0 N–H and O–H groups in total. The normalized spacial score (nSPS) is 15.7. The number of anilines is 1. The van der Waals surface area contributed by atoms with Crippen LogP contribution in [0.25, 0.3) is 0 Å². The molecule has 0 saturated carbocycles. The highest BCUT2D eigenvalue weighted by Crippen LogP contribution is 2.25. The van der Waals surface area contributed by atoms with Crippen LogP contribution in [0.2, 0.25) is 0 Å². The zero-order chi connectivity index (χ0) is 17.9. The van der Waals surface area contributed by atoms with E-state index in [4.69, 9.17) is 4.74 Å². The van der Waals surface area contributed by atoms with Gasteiger partial charge in [-0.25, -0.2) is 0 Å². The molecular weight excluding hydrogens is 364 g/mol. The van der Waals surface area contributed by atoms with E-state index in [9.17, 15) is 0 Å². The van der Waals surface area contributed by atoms with E-state index in [1.807, 2.05) is 0 Å². The SMILES string of the molecule is COC1CCN(c2nnc(Cc3csc(C)c3)n2Cc2cccs2)CC1. The number of ether oxygens (including phenoxy) is 1. The van der Waals surface area contributed by atoms with Crippen molar-refractivity contribution in [2.45, 2.75) is 38.8 Å². The van der Waals surface area contributed by atoms with Gasteiger partial charge < -0.3 is 9.64 Å². The number of methoxy groups -OCH3 is 1. The molecule has 0 bridgehead atoms. The van der Waals surface area contributed by atoms with E-state index < -0.39 is 0 Å². The molecule has 26 heavy (non-hydrogen) atoms. The molecule has 1 saturated heterocycles. The summed E-state index contributed by atoms with van der Waals surface area (Å²) < 4.78 is 7.81. The van der Waals surface area contributed by atoms with Crippen molar-refractivity contribution in [3.05, 3.63) is 50.1 Å². The topological polar surface area (TPSA) is 43.2 Å². The zero-order valence-electron chi connectivity index (χ0n) is 15.2. The van der Waals surface area contributed by atoms with E-state index in [1.54, 1.807) is 29.8 Å². The van der Waals surface area contributed by atoms with Gasteiger partial charge in [0.1, 0.15) is 5.82 Å². The average molecular weight is 389 g/mol. The molecule has 0 unspecified atom stereocenters. The van der Waals surface area contributed by atoms with Crippen LogP contribution < -0.4 is 4.90 Å². The van der Waals surface area contributed by atoms with Crippen molar-refractivity contribution in [2.75, 3.05) is 25.1 Å². The van der Waals surface area contributed by atoms with Gasteiger partial charge in [0.2, 0.25) is 5.95 Å². The van der Waals surface area contributed by atoms with Gasteiger partial charge in [-0.3, -0.25) is 4.57 Å². The molecule has 0 aromatic carbocycles. The average Bonchev–Trinajstić information content (AvgIpc) is 3.39. The molecule has 3 aromatic heterocycles. The summed E-state index contributed by atoms with van der Waals surface area (Å²) in [6.45, 7) is 4.93. The van der Waals surface area contributed by atoms with Gasteiger partial charge in [0, 0.05) is 36.4 Å². The largest absolute Gasteiger partial charge is 0.381 e. The number of hydrogen-bond acceptors (Lipinski definition) is 6. The number of hydrogen-bond donors (Lipinski definition) is 0. The van der Waals surface area contributed by atoms with Crippen LogP contribution in [-0.2, 0) is 17.7 Å². The molecule has 7 heteroatoms. The molecule has 5 nitrogen and oxygen atoms in total. The first-order valence-corrected chi connectivity index (χ1v) is 10.7. The molecule has 0 atom stereocenters. The lowest BCUT2D eigenvalue weighted by Gasteiger charge is -2.32. The fraction of sp³-hybridized carbons (Fsp3) is 0.474. The second-order valence-electron chi connectivity index (χ2n) is 6.75. The van der Waals surface area contributed by atoms with Crippen molar-refractivity contribution in [1.29, 1.82) is 0 Å². The summed E-state index contributed by atoms with van der Waals surface area (Å²) in [4.78, 5) is 5.03.